The largest absolute Gasteiger partial charge is 0.756 e. The average Bonchev–Trinajstić information content (AvgIpc) is 3.44. The molecule has 0 fully saturated rings. The van der Waals surface area contributed by atoms with Crippen LogP contribution < -0.4 is 10.2 Å². The van der Waals surface area contributed by atoms with Gasteiger partial charge < -0.3 is 28.5 Å². The van der Waals surface area contributed by atoms with E-state index in [1.807, 2.05) is 33.3 Å². The second-order valence-corrected chi connectivity index (χ2v) is 27.2. The lowest BCUT2D eigenvalue weighted by Crippen LogP contribution is -2.47. The maximum absolute atomic E-state index is 13.6. The number of hydrogen-bond donors (Lipinski definition) is 1. The fraction of sp³-hybridized carbons (Fsp3) is 0.915. The van der Waals surface area contributed by atoms with Gasteiger partial charge in [0.2, 0.25) is 5.91 Å². The number of ether oxygens (including phenoxy) is 1. The summed E-state index contributed by atoms with van der Waals surface area (Å²) >= 11 is 0. The molecule has 0 aliphatic heterocycles. The molecule has 0 saturated carbocycles. The maximum Gasteiger partial charge on any atom is 0.306 e. The standard InChI is InChI=1S/C71H139N2O7P/c1-7-10-13-16-19-22-25-28-30-32-33-34-35-36-37-38-39-41-43-46-49-52-55-58-61-64-71(75)80-69(62-59-56-53-50-47-44-27-24-21-18-15-12-9-3)68(67-79-81(76,77)78-66-65-73(4,5)6)72-70(74)63-60-57-54-51-48-45-42-40-31-29-26-23-20-17-14-11-8-2/h29,31,59,62,68-69H,7-28,30,32-58,60-61,63-67H2,1-6H3,(H-,72,74,76,77)/b31-29+,62-59-. The Morgan fingerprint density at radius 1 is 0.420 bits per heavy atom. The molecule has 81 heavy (non-hydrogen) atoms. The molecule has 0 saturated heterocycles. The lowest BCUT2D eigenvalue weighted by Gasteiger charge is -2.30. The number of likely N-dealkylation sites (N-methyl/N-ethyl adjacent to an activating group) is 1. The minimum absolute atomic E-state index is 0.0193. The molecule has 1 amide bonds. The van der Waals surface area contributed by atoms with Crippen LogP contribution in [0.2, 0.25) is 0 Å². The van der Waals surface area contributed by atoms with E-state index < -0.39 is 20.0 Å². The van der Waals surface area contributed by atoms with E-state index in [4.69, 9.17) is 13.8 Å². The van der Waals surface area contributed by atoms with Crippen molar-refractivity contribution in [1.82, 2.24) is 5.32 Å². The van der Waals surface area contributed by atoms with Crippen LogP contribution in [0.15, 0.2) is 24.3 Å². The number of phosphoric acid groups is 1. The van der Waals surface area contributed by atoms with Crippen LogP contribution in [0.3, 0.4) is 0 Å². The molecule has 0 aliphatic rings. The summed E-state index contributed by atoms with van der Waals surface area (Å²) in [6, 6.07) is -0.886. The summed E-state index contributed by atoms with van der Waals surface area (Å²) in [7, 11) is 1.20. The van der Waals surface area contributed by atoms with E-state index in [1.165, 1.54) is 263 Å². The molecule has 9 nitrogen and oxygen atoms in total. The Hall–Kier alpha value is -1.51. The van der Waals surface area contributed by atoms with Crippen LogP contribution >= 0.6 is 7.82 Å². The quantitative estimate of drug-likeness (QED) is 0.0212. The molecule has 0 bridgehead atoms. The smallest absolute Gasteiger partial charge is 0.306 e. The summed E-state index contributed by atoms with van der Waals surface area (Å²) in [6.45, 7) is 6.90. The van der Waals surface area contributed by atoms with Gasteiger partial charge in [-0.2, -0.15) is 0 Å². The number of esters is 1. The fourth-order valence-corrected chi connectivity index (χ4v) is 11.6. The average molecular weight is 1160 g/mol. The van der Waals surface area contributed by atoms with Gasteiger partial charge in [0.15, 0.2) is 0 Å². The predicted octanol–water partition coefficient (Wildman–Crippen LogP) is 21.8. The third-order valence-corrected chi connectivity index (χ3v) is 17.3. The van der Waals surface area contributed by atoms with Crippen molar-refractivity contribution in [2.75, 3.05) is 40.9 Å². The Balaban J connectivity index is 5.04. The lowest BCUT2D eigenvalue weighted by atomic mass is 10.0. The summed E-state index contributed by atoms with van der Waals surface area (Å²) in [5.74, 6) is -0.524. The molecule has 480 valence electrons. The van der Waals surface area contributed by atoms with E-state index in [0.29, 0.717) is 17.4 Å². The van der Waals surface area contributed by atoms with Crippen molar-refractivity contribution in [2.45, 2.75) is 380 Å². The zero-order valence-corrected chi connectivity index (χ0v) is 55.9. The maximum atomic E-state index is 13.6. The minimum Gasteiger partial charge on any atom is -0.756 e. The highest BCUT2D eigenvalue weighted by Crippen LogP contribution is 2.38. The first-order valence-corrected chi connectivity index (χ1v) is 37.1. The van der Waals surface area contributed by atoms with Crippen molar-refractivity contribution in [1.29, 1.82) is 0 Å². The molecule has 0 spiro atoms. The summed E-state index contributed by atoms with van der Waals surface area (Å²) in [6.07, 6.45) is 74.5. The van der Waals surface area contributed by atoms with Crippen LogP contribution in [-0.2, 0) is 27.9 Å². The number of hydrogen-bond acceptors (Lipinski definition) is 7. The Morgan fingerprint density at radius 2 is 0.716 bits per heavy atom. The molecule has 0 heterocycles. The van der Waals surface area contributed by atoms with Gasteiger partial charge in [-0.1, -0.05) is 322 Å². The summed E-state index contributed by atoms with van der Waals surface area (Å²) in [4.78, 5) is 40.2. The summed E-state index contributed by atoms with van der Waals surface area (Å²) in [5.41, 5.74) is 0. The van der Waals surface area contributed by atoms with Gasteiger partial charge in [-0.15, -0.1) is 0 Å². The highest BCUT2D eigenvalue weighted by molar-refractivity contribution is 7.45. The predicted molar refractivity (Wildman–Crippen MR) is 349 cm³/mol. The zero-order chi connectivity index (χ0) is 59.3. The van der Waals surface area contributed by atoms with E-state index in [-0.39, 0.29) is 31.5 Å². The number of phosphoric ester groups is 1. The molecule has 0 aliphatic carbocycles. The number of rotatable bonds is 66. The molecule has 0 aromatic carbocycles. The Labute approximate surface area is 504 Å². The third-order valence-electron chi connectivity index (χ3n) is 16.4. The normalized spacial score (nSPS) is 13.6. The van der Waals surface area contributed by atoms with Crippen molar-refractivity contribution in [3.05, 3.63) is 24.3 Å². The molecular weight excluding hydrogens is 1020 g/mol. The Bertz CT molecular complexity index is 1430. The van der Waals surface area contributed by atoms with E-state index in [9.17, 15) is 19.0 Å². The van der Waals surface area contributed by atoms with Crippen molar-refractivity contribution in [3.63, 3.8) is 0 Å². The molecule has 0 aromatic heterocycles. The van der Waals surface area contributed by atoms with Gasteiger partial charge >= 0.3 is 5.97 Å². The molecule has 3 unspecified atom stereocenters. The van der Waals surface area contributed by atoms with Gasteiger partial charge in [0.1, 0.15) is 19.3 Å². The van der Waals surface area contributed by atoms with E-state index >= 15 is 0 Å². The number of amides is 1. The number of unbranched alkanes of at least 4 members (excludes halogenated alkanes) is 48. The Kier molecular flexibility index (Phi) is 60.4. The number of nitrogens with one attached hydrogen (secondary N) is 1. The third kappa shape index (κ3) is 62.8. The van der Waals surface area contributed by atoms with Gasteiger partial charge in [0, 0.05) is 12.8 Å². The second kappa shape index (κ2) is 61.6. The van der Waals surface area contributed by atoms with Crippen LogP contribution in [0.25, 0.3) is 0 Å². The molecule has 0 radical (unpaired) electrons. The Morgan fingerprint density at radius 3 is 1.05 bits per heavy atom. The number of carbonyl (C=O) groups excluding carboxylic acids is 2. The van der Waals surface area contributed by atoms with Crippen molar-refractivity contribution < 1.29 is 37.3 Å². The molecule has 3 atom stereocenters. The molecule has 0 rings (SSSR count). The van der Waals surface area contributed by atoms with Gasteiger partial charge in [-0.25, -0.2) is 0 Å². The van der Waals surface area contributed by atoms with Crippen molar-refractivity contribution in [3.8, 4) is 0 Å². The first-order chi connectivity index (χ1) is 39.4. The first kappa shape index (κ1) is 79.5. The van der Waals surface area contributed by atoms with Crippen LogP contribution in [0.1, 0.15) is 367 Å². The van der Waals surface area contributed by atoms with Gasteiger partial charge in [0.05, 0.1) is 33.8 Å². The van der Waals surface area contributed by atoms with Crippen LogP contribution in [0.4, 0.5) is 0 Å². The topological polar surface area (TPSA) is 114 Å². The highest BCUT2D eigenvalue weighted by atomic mass is 31.2. The first-order valence-electron chi connectivity index (χ1n) is 35.6. The summed E-state index contributed by atoms with van der Waals surface area (Å²) in [5, 5.41) is 3.05. The molecule has 1 N–H and O–H groups in total. The van der Waals surface area contributed by atoms with Gasteiger partial charge in [0.25, 0.3) is 7.82 Å². The molecule has 0 aromatic rings. The lowest BCUT2D eigenvalue weighted by molar-refractivity contribution is -0.870. The number of allylic oxidation sites excluding steroid dienone is 3. The zero-order valence-electron chi connectivity index (χ0n) is 55.0. The van der Waals surface area contributed by atoms with Gasteiger partial charge in [-0.05, 0) is 57.4 Å². The molecular formula is C71H139N2O7P. The van der Waals surface area contributed by atoms with Crippen LogP contribution in [0, 0.1) is 0 Å². The van der Waals surface area contributed by atoms with E-state index in [1.54, 1.807) is 0 Å². The number of quaternary nitrogens is 1. The van der Waals surface area contributed by atoms with Crippen molar-refractivity contribution in [2.24, 2.45) is 0 Å². The van der Waals surface area contributed by atoms with E-state index in [0.717, 1.165) is 70.6 Å². The second-order valence-electron chi connectivity index (χ2n) is 25.7. The van der Waals surface area contributed by atoms with Crippen molar-refractivity contribution >= 4 is 19.7 Å². The van der Waals surface area contributed by atoms with Crippen LogP contribution in [0.5, 0.6) is 0 Å². The summed E-state index contributed by atoms with van der Waals surface area (Å²) < 4.78 is 30.5. The monoisotopic (exact) mass is 1160 g/mol. The number of nitrogens with zero attached hydrogens (tertiary/aromatic N) is 1. The minimum atomic E-state index is -4.70. The highest BCUT2D eigenvalue weighted by Gasteiger charge is 2.27. The van der Waals surface area contributed by atoms with Crippen LogP contribution in [-0.4, -0.2) is 69.4 Å². The molecule has 10 heteroatoms. The fourth-order valence-electron chi connectivity index (χ4n) is 10.9. The van der Waals surface area contributed by atoms with Gasteiger partial charge in [-0.3, -0.25) is 14.2 Å². The number of carbonyl (C=O) groups is 2. The SMILES string of the molecule is CCCCCCCC/C=C/CCCCCCCCCC(=O)NC(COP(=O)([O-])OCC[N+](C)(C)C)C(/C=C\CCCCCCCCCCCCC)OC(=O)CCCCCCCCCCCCCCCCCCCCCCCCCCC. The van der Waals surface area contributed by atoms with E-state index in [2.05, 4.69) is 38.2 Å².